The van der Waals surface area contributed by atoms with Crippen LogP contribution in [0, 0.1) is 0 Å². The molecule has 0 radical (unpaired) electrons. The maximum atomic E-state index is 4.07. The highest BCUT2D eigenvalue weighted by atomic mass is 14.9. The van der Waals surface area contributed by atoms with Gasteiger partial charge in [-0.1, -0.05) is 12.2 Å². The Morgan fingerprint density at radius 3 is 3.09 bits per heavy atom. The number of hydrogen-bond donors (Lipinski definition) is 2. The van der Waals surface area contributed by atoms with Crippen LogP contribution in [0.3, 0.4) is 0 Å². The van der Waals surface area contributed by atoms with E-state index in [1.165, 1.54) is 25.0 Å². The standard InChI is InChI=1S/C9H18N2/c1-8(5-7-10-2)9-4-3-6-11-9/h9-11H,1,3-7H2,2H3. The molecule has 0 amide bonds. The predicted molar refractivity (Wildman–Crippen MR) is 48.7 cm³/mol. The Kier molecular flexibility index (Phi) is 3.60. The van der Waals surface area contributed by atoms with Crippen LogP contribution >= 0.6 is 0 Å². The van der Waals surface area contributed by atoms with Gasteiger partial charge in [-0.15, -0.1) is 0 Å². The fourth-order valence-electron chi connectivity index (χ4n) is 1.49. The average molecular weight is 154 g/mol. The van der Waals surface area contributed by atoms with Crippen molar-refractivity contribution in [3.63, 3.8) is 0 Å². The summed E-state index contributed by atoms with van der Waals surface area (Å²) in [6.07, 6.45) is 3.69. The van der Waals surface area contributed by atoms with E-state index in [0.29, 0.717) is 6.04 Å². The highest BCUT2D eigenvalue weighted by Crippen LogP contribution is 2.14. The van der Waals surface area contributed by atoms with E-state index in [9.17, 15) is 0 Å². The van der Waals surface area contributed by atoms with Gasteiger partial charge in [-0.25, -0.2) is 0 Å². The molecule has 2 N–H and O–H groups in total. The molecule has 1 heterocycles. The van der Waals surface area contributed by atoms with Crippen LogP contribution in [0.4, 0.5) is 0 Å². The molecule has 0 aromatic heterocycles. The largest absolute Gasteiger partial charge is 0.319 e. The highest BCUT2D eigenvalue weighted by Gasteiger charge is 2.15. The number of hydrogen-bond acceptors (Lipinski definition) is 2. The van der Waals surface area contributed by atoms with Gasteiger partial charge in [0.25, 0.3) is 0 Å². The van der Waals surface area contributed by atoms with Crippen molar-refractivity contribution in [2.75, 3.05) is 20.1 Å². The van der Waals surface area contributed by atoms with Gasteiger partial charge >= 0.3 is 0 Å². The third-order valence-corrected chi connectivity index (χ3v) is 2.25. The summed E-state index contributed by atoms with van der Waals surface area (Å²) in [6.45, 7) is 6.29. The molecule has 0 aromatic carbocycles. The van der Waals surface area contributed by atoms with Gasteiger partial charge in [-0.05, 0) is 39.4 Å². The lowest BCUT2D eigenvalue weighted by atomic mass is 10.0. The van der Waals surface area contributed by atoms with Crippen molar-refractivity contribution in [3.8, 4) is 0 Å². The molecule has 1 aliphatic heterocycles. The van der Waals surface area contributed by atoms with E-state index in [4.69, 9.17) is 0 Å². The summed E-state index contributed by atoms with van der Waals surface area (Å²) >= 11 is 0. The second-order valence-electron chi connectivity index (χ2n) is 3.16. The SMILES string of the molecule is C=C(CCNC)C1CCCN1. The van der Waals surface area contributed by atoms with Gasteiger partial charge in [-0.2, -0.15) is 0 Å². The Hall–Kier alpha value is -0.340. The highest BCUT2D eigenvalue weighted by molar-refractivity contribution is 5.07. The zero-order valence-electron chi connectivity index (χ0n) is 7.32. The molecule has 11 heavy (non-hydrogen) atoms. The van der Waals surface area contributed by atoms with Gasteiger partial charge in [0.1, 0.15) is 0 Å². The average Bonchev–Trinajstić information content (AvgIpc) is 2.52. The van der Waals surface area contributed by atoms with Crippen LogP contribution in [-0.2, 0) is 0 Å². The Labute approximate surface area is 69.1 Å². The molecule has 0 saturated carbocycles. The van der Waals surface area contributed by atoms with Crippen molar-refractivity contribution in [2.24, 2.45) is 0 Å². The van der Waals surface area contributed by atoms with Gasteiger partial charge < -0.3 is 10.6 Å². The lowest BCUT2D eigenvalue weighted by Gasteiger charge is -2.12. The third kappa shape index (κ3) is 2.64. The van der Waals surface area contributed by atoms with Crippen molar-refractivity contribution < 1.29 is 0 Å². The van der Waals surface area contributed by atoms with E-state index < -0.39 is 0 Å². The first-order valence-electron chi connectivity index (χ1n) is 4.40. The minimum absolute atomic E-state index is 0.600. The molecule has 64 valence electrons. The zero-order valence-corrected chi connectivity index (χ0v) is 7.32. The molecule has 1 rings (SSSR count). The van der Waals surface area contributed by atoms with Gasteiger partial charge in [0.05, 0.1) is 0 Å². The van der Waals surface area contributed by atoms with Gasteiger partial charge in [0, 0.05) is 6.04 Å². The normalized spacial score (nSPS) is 23.9. The first-order chi connectivity index (χ1) is 5.34. The Balaban J connectivity index is 2.17. The number of rotatable bonds is 4. The fraction of sp³-hybridized carbons (Fsp3) is 0.778. The smallest absolute Gasteiger partial charge is 0.0277 e. The van der Waals surface area contributed by atoms with Crippen LogP contribution in [0.15, 0.2) is 12.2 Å². The molecule has 1 saturated heterocycles. The van der Waals surface area contributed by atoms with E-state index in [1.54, 1.807) is 0 Å². The van der Waals surface area contributed by atoms with Crippen molar-refractivity contribution in [1.82, 2.24) is 10.6 Å². The minimum Gasteiger partial charge on any atom is -0.319 e. The molecule has 0 aliphatic carbocycles. The number of nitrogens with one attached hydrogen (secondary N) is 2. The van der Waals surface area contributed by atoms with Crippen LogP contribution in [0.2, 0.25) is 0 Å². The van der Waals surface area contributed by atoms with Gasteiger partial charge in [0.2, 0.25) is 0 Å². The molecule has 0 aromatic rings. The van der Waals surface area contributed by atoms with Crippen molar-refractivity contribution >= 4 is 0 Å². The van der Waals surface area contributed by atoms with E-state index in [2.05, 4.69) is 17.2 Å². The maximum absolute atomic E-state index is 4.07. The lowest BCUT2D eigenvalue weighted by molar-refractivity contribution is 0.644. The van der Waals surface area contributed by atoms with E-state index >= 15 is 0 Å². The molecule has 1 atom stereocenters. The van der Waals surface area contributed by atoms with Crippen LogP contribution < -0.4 is 10.6 Å². The Morgan fingerprint density at radius 2 is 2.55 bits per heavy atom. The first kappa shape index (κ1) is 8.75. The van der Waals surface area contributed by atoms with Gasteiger partial charge in [0.15, 0.2) is 0 Å². The van der Waals surface area contributed by atoms with Crippen LogP contribution in [-0.4, -0.2) is 26.2 Å². The van der Waals surface area contributed by atoms with Crippen LogP contribution in [0.1, 0.15) is 19.3 Å². The molecule has 0 bridgehead atoms. The molecular formula is C9H18N2. The van der Waals surface area contributed by atoms with Crippen LogP contribution in [0.5, 0.6) is 0 Å². The monoisotopic (exact) mass is 154 g/mol. The Morgan fingerprint density at radius 1 is 1.73 bits per heavy atom. The molecule has 0 spiro atoms. The second-order valence-corrected chi connectivity index (χ2v) is 3.16. The summed E-state index contributed by atoms with van der Waals surface area (Å²) in [5.41, 5.74) is 1.36. The molecule has 2 heteroatoms. The van der Waals surface area contributed by atoms with Gasteiger partial charge in [-0.3, -0.25) is 0 Å². The first-order valence-corrected chi connectivity index (χ1v) is 4.40. The van der Waals surface area contributed by atoms with E-state index in [-0.39, 0.29) is 0 Å². The second kappa shape index (κ2) is 4.52. The van der Waals surface area contributed by atoms with Crippen molar-refractivity contribution in [3.05, 3.63) is 12.2 Å². The molecule has 1 aliphatic rings. The molecular weight excluding hydrogens is 136 g/mol. The molecule has 1 unspecified atom stereocenters. The molecule has 2 nitrogen and oxygen atoms in total. The quantitative estimate of drug-likeness (QED) is 0.588. The summed E-state index contributed by atoms with van der Waals surface area (Å²) in [4.78, 5) is 0. The van der Waals surface area contributed by atoms with Crippen molar-refractivity contribution in [2.45, 2.75) is 25.3 Å². The van der Waals surface area contributed by atoms with E-state index in [1.807, 2.05) is 7.05 Å². The summed E-state index contributed by atoms with van der Waals surface area (Å²) in [7, 11) is 1.98. The Bertz CT molecular complexity index is 126. The predicted octanol–water partition coefficient (Wildman–Crippen LogP) is 0.904. The summed E-state index contributed by atoms with van der Waals surface area (Å²) in [5.74, 6) is 0. The maximum Gasteiger partial charge on any atom is 0.0277 e. The zero-order chi connectivity index (χ0) is 8.10. The molecule has 1 fully saturated rings. The fourth-order valence-corrected chi connectivity index (χ4v) is 1.49. The van der Waals surface area contributed by atoms with Crippen LogP contribution in [0.25, 0.3) is 0 Å². The minimum atomic E-state index is 0.600. The van der Waals surface area contributed by atoms with E-state index in [0.717, 1.165) is 13.0 Å². The summed E-state index contributed by atoms with van der Waals surface area (Å²) in [6, 6.07) is 0.600. The topological polar surface area (TPSA) is 24.1 Å². The summed E-state index contributed by atoms with van der Waals surface area (Å²) in [5, 5.41) is 6.57. The third-order valence-electron chi connectivity index (χ3n) is 2.25. The van der Waals surface area contributed by atoms with Crippen molar-refractivity contribution in [1.29, 1.82) is 0 Å². The lowest BCUT2D eigenvalue weighted by Crippen LogP contribution is -2.24. The summed E-state index contributed by atoms with van der Waals surface area (Å²) < 4.78 is 0.